The molecular formula is C18H20. The highest BCUT2D eigenvalue weighted by molar-refractivity contribution is 5.27. The molecule has 0 aliphatic heterocycles. The lowest BCUT2D eigenvalue weighted by Crippen LogP contribution is -2.08. The van der Waals surface area contributed by atoms with Crippen molar-refractivity contribution >= 4 is 0 Å². The molecule has 0 N–H and O–H groups in total. The normalized spacial score (nSPS) is 27.3. The van der Waals surface area contributed by atoms with Crippen LogP contribution in [-0.4, -0.2) is 0 Å². The zero-order valence-electron chi connectivity index (χ0n) is 10.9. The summed E-state index contributed by atoms with van der Waals surface area (Å²) in [4.78, 5) is 0. The number of rotatable bonds is 2. The summed E-state index contributed by atoms with van der Waals surface area (Å²) in [5, 5.41) is 0. The average molecular weight is 236 g/mol. The van der Waals surface area contributed by atoms with E-state index in [2.05, 4.69) is 67.6 Å². The van der Waals surface area contributed by atoms with Crippen LogP contribution in [0.1, 0.15) is 42.7 Å². The first kappa shape index (κ1) is 11.5. The SMILES string of the molecule is CC1C(c2ccccc2)CCC1c1ccccc1. The topological polar surface area (TPSA) is 0 Å². The molecule has 2 aromatic rings. The highest BCUT2D eigenvalue weighted by atomic mass is 14.4. The molecule has 1 aliphatic carbocycles. The highest BCUT2D eigenvalue weighted by Gasteiger charge is 2.34. The van der Waals surface area contributed by atoms with Gasteiger partial charge < -0.3 is 0 Å². The van der Waals surface area contributed by atoms with Crippen LogP contribution >= 0.6 is 0 Å². The minimum atomic E-state index is 0.733. The Morgan fingerprint density at radius 1 is 0.667 bits per heavy atom. The van der Waals surface area contributed by atoms with Crippen molar-refractivity contribution in [1.29, 1.82) is 0 Å². The van der Waals surface area contributed by atoms with E-state index in [-0.39, 0.29) is 0 Å². The van der Waals surface area contributed by atoms with Gasteiger partial charge in [-0.15, -0.1) is 0 Å². The molecular weight excluding hydrogens is 216 g/mol. The maximum atomic E-state index is 2.42. The Kier molecular flexibility index (Phi) is 3.19. The van der Waals surface area contributed by atoms with Crippen molar-refractivity contribution in [2.45, 2.75) is 31.6 Å². The molecule has 1 saturated carbocycles. The first-order valence-electron chi connectivity index (χ1n) is 6.96. The van der Waals surface area contributed by atoms with Crippen molar-refractivity contribution in [3.8, 4) is 0 Å². The van der Waals surface area contributed by atoms with E-state index in [0.717, 1.165) is 17.8 Å². The molecule has 3 rings (SSSR count). The second-order valence-electron chi connectivity index (χ2n) is 5.47. The van der Waals surface area contributed by atoms with Crippen LogP contribution in [-0.2, 0) is 0 Å². The van der Waals surface area contributed by atoms with E-state index in [1.807, 2.05) is 0 Å². The largest absolute Gasteiger partial charge is 0.0622 e. The summed E-state index contributed by atoms with van der Waals surface area (Å²) < 4.78 is 0. The van der Waals surface area contributed by atoms with E-state index in [1.165, 1.54) is 24.0 Å². The quantitative estimate of drug-likeness (QED) is 0.689. The molecule has 92 valence electrons. The summed E-state index contributed by atoms with van der Waals surface area (Å²) in [5.74, 6) is 2.21. The fourth-order valence-electron chi connectivity index (χ4n) is 3.51. The van der Waals surface area contributed by atoms with Gasteiger partial charge in [0.15, 0.2) is 0 Å². The summed E-state index contributed by atoms with van der Waals surface area (Å²) in [5.41, 5.74) is 3.03. The van der Waals surface area contributed by atoms with Gasteiger partial charge >= 0.3 is 0 Å². The molecule has 2 atom stereocenters. The Morgan fingerprint density at radius 2 is 1.06 bits per heavy atom. The fourth-order valence-corrected chi connectivity index (χ4v) is 3.51. The Hall–Kier alpha value is -1.56. The lowest BCUT2D eigenvalue weighted by Gasteiger charge is -2.21. The first-order chi connectivity index (χ1) is 8.86. The van der Waals surface area contributed by atoms with Crippen LogP contribution in [0.15, 0.2) is 60.7 Å². The summed E-state index contributed by atoms with van der Waals surface area (Å²) in [6.07, 6.45) is 2.65. The standard InChI is InChI=1S/C18H20/c1-14-17(15-8-4-2-5-9-15)12-13-18(14)16-10-6-3-7-11-16/h2-11,14,17-18H,12-13H2,1H3. The van der Waals surface area contributed by atoms with Crippen molar-refractivity contribution in [2.75, 3.05) is 0 Å². The third-order valence-electron chi connectivity index (χ3n) is 4.51. The number of benzene rings is 2. The Labute approximate surface area is 110 Å². The third-order valence-corrected chi connectivity index (χ3v) is 4.51. The minimum Gasteiger partial charge on any atom is -0.0622 e. The Morgan fingerprint density at radius 3 is 1.44 bits per heavy atom. The molecule has 1 aliphatic rings. The summed E-state index contributed by atoms with van der Waals surface area (Å²) in [6.45, 7) is 2.42. The van der Waals surface area contributed by atoms with E-state index in [1.54, 1.807) is 0 Å². The molecule has 0 nitrogen and oxygen atoms in total. The molecule has 0 spiro atoms. The van der Waals surface area contributed by atoms with E-state index in [0.29, 0.717) is 0 Å². The van der Waals surface area contributed by atoms with Gasteiger partial charge in [-0.05, 0) is 41.7 Å². The van der Waals surface area contributed by atoms with Crippen molar-refractivity contribution in [3.63, 3.8) is 0 Å². The van der Waals surface area contributed by atoms with Crippen LogP contribution < -0.4 is 0 Å². The second kappa shape index (κ2) is 4.97. The summed E-state index contributed by atoms with van der Waals surface area (Å²) in [7, 11) is 0. The maximum Gasteiger partial charge on any atom is -0.0130 e. The number of hydrogen-bond acceptors (Lipinski definition) is 0. The van der Waals surface area contributed by atoms with Gasteiger partial charge in [0.25, 0.3) is 0 Å². The molecule has 0 aromatic heterocycles. The van der Waals surface area contributed by atoms with Crippen LogP contribution in [0, 0.1) is 5.92 Å². The number of hydrogen-bond donors (Lipinski definition) is 0. The maximum absolute atomic E-state index is 2.42. The average Bonchev–Trinajstić information content (AvgIpc) is 2.83. The molecule has 18 heavy (non-hydrogen) atoms. The van der Waals surface area contributed by atoms with E-state index < -0.39 is 0 Å². The molecule has 2 unspecified atom stereocenters. The molecule has 0 saturated heterocycles. The fraction of sp³-hybridized carbons (Fsp3) is 0.333. The van der Waals surface area contributed by atoms with Gasteiger partial charge in [-0.1, -0.05) is 67.6 Å². The van der Waals surface area contributed by atoms with Gasteiger partial charge in [-0.3, -0.25) is 0 Å². The van der Waals surface area contributed by atoms with Gasteiger partial charge in [0.1, 0.15) is 0 Å². The third kappa shape index (κ3) is 2.08. The van der Waals surface area contributed by atoms with Crippen molar-refractivity contribution < 1.29 is 0 Å². The summed E-state index contributed by atoms with van der Waals surface area (Å²) in [6, 6.07) is 22.0. The molecule has 0 heteroatoms. The van der Waals surface area contributed by atoms with Gasteiger partial charge in [0.05, 0.1) is 0 Å². The van der Waals surface area contributed by atoms with Crippen LogP contribution in [0.25, 0.3) is 0 Å². The molecule has 0 bridgehead atoms. The first-order valence-corrected chi connectivity index (χ1v) is 6.96. The van der Waals surface area contributed by atoms with E-state index in [4.69, 9.17) is 0 Å². The monoisotopic (exact) mass is 236 g/mol. The predicted molar refractivity (Wildman–Crippen MR) is 76.8 cm³/mol. The second-order valence-corrected chi connectivity index (χ2v) is 5.47. The van der Waals surface area contributed by atoms with Gasteiger partial charge in [0, 0.05) is 0 Å². The molecule has 0 radical (unpaired) electrons. The van der Waals surface area contributed by atoms with Crippen LogP contribution in [0.4, 0.5) is 0 Å². The minimum absolute atomic E-state index is 0.733. The van der Waals surface area contributed by atoms with Crippen molar-refractivity contribution in [1.82, 2.24) is 0 Å². The van der Waals surface area contributed by atoms with E-state index in [9.17, 15) is 0 Å². The van der Waals surface area contributed by atoms with Crippen LogP contribution in [0.5, 0.6) is 0 Å². The lowest BCUT2D eigenvalue weighted by atomic mass is 9.83. The van der Waals surface area contributed by atoms with Gasteiger partial charge in [0.2, 0.25) is 0 Å². The summed E-state index contributed by atoms with van der Waals surface area (Å²) >= 11 is 0. The lowest BCUT2D eigenvalue weighted by molar-refractivity contribution is 0.482. The zero-order valence-corrected chi connectivity index (χ0v) is 10.9. The zero-order chi connectivity index (χ0) is 12.4. The van der Waals surface area contributed by atoms with Gasteiger partial charge in [-0.25, -0.2) is 0 Å². The predicted octanol–water partition coefficient (Wildman–Crippen LogP) is 4.98. The van der Waals surface area contributed by atoms with Gasteiger partial charge in [-0.2, -0.15) is 0 Å². The van der Waals surface area contributed by atoms with Crippen molar-refractivity contribution in [2.24, 2.45) is 5.92 Å². The molecule has 1 fully saturated rings. The van der Waals surface area contributed by atoms with Crippen LogP contribution in [0.3, 0.4) is 0 Å². The Balaban J connectivity index is 1.83. The molecule has 0 heterocycles. The smallest absolute Gasteiger partial charge is 0.0130 e. The molecule has 0 amide bonds. The highest BCUT2D eigenvalue weighted by Crippen LogP contribution is 2.48. The van der Waals surface area contributed by atoms with E-state index >= 15 is 0 Å². The van der Waals surface area contributed by atoms with Crippen LogP contribution in [0.2, 0.25) is 0 Å². The molecule has 2 aromatic carbocycles. The van der Waals surface area contributed by atoms with Crippen molar-refractivity contribution in [3.05, 3.63) is 71.8 Å². The Bertz CT molecular complexity index is 438.